The molecule has 0 aromatic carbocycles. The summed E-state index contributed by atoms with van der Waals surface area (Å²) in [5.41, 5.74) is 0. The minimum atomic E-state index is -1.08. The number of carboxylic acid groups (broad SMARTS) is 1. The zero-order chi connectivity index (χ0) is 3.58. The maximum absolute atomic E-state index is 8.89. The Bertz CT molecular complexity index is 32.7. The van der Waals surface area contributed by atoms with E-state index in [0.717, 1.165) is 6.92 Å². The fourth-order valence-electron chi connectivity index (χ4n) is 0. The third-order valence-electron chi connectivity index (χ3n) is 0. The molecule has 0 rings (SSSR count). The van der Waals surface area contributed by atoms with Gasteiger partial charge in [0.15, 0.2) is 0 Å². The molecule has 4 nitrogen and oxygen atoms in total. The van der Waals surface area contributed by atoms with Crippen molar-refractivity contribution < 1.29 is 52.0 Å². The number of carbonyl (C=O) groups is 1. The first-order valence-electron chi connectivity index (χ1n) is 0.908. The van der Waals surface area contributed by atoms with Crippen molar-refractivity contribution in [3.8, 4) is 0 Å². The molecule has 0 radical (unpaired) electrons. The topological polar surface area (TPSA) is 97.1 Å². The zero-order valence-corrected chi connectivity index (χ0v) is 7.80. The normalized spacial score (nSPS) is 3.57. The van der Waals surface area contributed by atoms with Crippen LogP contribution in [0.25, 0.3) is 0 Å². The van der Waals surface area contributed by atoms with E-state index in [1.54, 1.807) is 0 Å². The summed E-state index contributed by atoms with van der Waals surface area (Å²) in [4.78, 5) is 8.89. The summed E-state index contributed by atoms with van der Waals surface area (Å²) in [7, 11) is 0. The van der Waals surface area contributed by atoms with Crippen molar-refractivity contribution in [2.45, 2.75) is 6.92 Å². The van der Waals surface area contributed by atoms with Crippen LogP contribution in [0, 0.1) is 31.1 Å². The van der Waals surface area contributed by atoms with E-state index in [9.17, 15) is 0 Å². The van der Waals surface area contributed by atoms with Gasteiger partial charge in [-0.2, -0.15) is 0 Å². The number of rotatable bonds is 0. The Balaban J connectivity index is -0.0000000150. The Morgan fingerprint density at radius 3 is 1.43 bits per heavy atom. The summed E-state index contributed by atoms with van der Waals surface area (Å²) in [5, 5.41) is 8.89. The average Bonchev–Trinajstić information content (AvgIpc) is 0.811. The van der Waals surface area contributed by atoms with Gasteiger partial charge >= 0.3 is 0 Å². The summed E-state index contributed by atoms with van der Waals surface area (Å²) in [6.45, 7) is 0.972. The zero-order valence-electron chi connectivity index (χ0n) is 3.63. The largest absolute Gasteiger partial charge is 2.00 e. The Labute approximate surface area is 64.9 Å². The third-order valence-corrected chi connectivity index (χ3v) is 0. The Kier molecular flexibility index (Phi) is 60.0. The molecule has 0 fully saturated rings. The molecule has 0 aliphatic carbocycles. The van der Waals surface area contributed by atoms with Gasteiger partial charge in [-0.3, -0.25) is 0 Å². The van der Waals surface area contributed by atoms with E-state index in [4.69, 9.17) is 9.90 Å². The van der Waals surface area contributed by atoms with Crippen LogP contribution in [0.2, 0.25) is 0 Å². The van der Waals surface area contributed by atoms with Crippen LogP contribution in [0.3, 0.4) is 0 Å². The molecule has 0 amide bonds. The Morgan fingerprint density at radius 1 is 1.43 bits per heavy atom. The summed E-state index contributed by atoms with van der Waals surface area (Å²) in [6, 6.07) is 0. The van der Waals surface area contributed by atoms with Crippen LogP contribution in [0.4, 0.5) is 0 Å². The van der Waals surface area contributed by atoms with E-state index >= 15 is 0 Å². The van der Waals surface area contributed by atoms with Crippen LogP contribution in [0.5, 0.6) is 0 Å². The Hall–Kier alpha value is 0.442. The van der Waals surface area contributed by atoms with Crippen LogP contribution >= 0.6 is 0 Å². The van der Waals surface area contributed by atoms with Crippen molar-refractivity contribution in [2.24, 2.45) is 0 Å². The first-order chi connectivity index (χ1) is 1.73. The van der Waals surface area contributed by atoms with Gasteiger partial charge in [-0.05, 0) is 6.92 Å². The smallest absolute Gasteiger partial charge is 0.0383 e. The van der Waals surface area contributed by atoms with Gasteiger partial charge in [0.1, 0.15) is 0 Å². The van der Waals surface area contributed by atoms with E-state index in [2.05, 4.69) is 0 Å². The summed E-state index contributed by atoms with van der Waals surface area (Å²) >= 11 is 0. The second kappa shape index (κ2) is 16.1. The molecule has 0 bridgehead atoms. The molecular formula is C2H3O4U-5. The Morgan fingerprint density at radius 2 is 1.43 bits per heavy atom. The van der Waals surface area contributed by atoms with E-state index in [0.29, 0.717) is 0 Å². The molecule has 0 spiro atoms. The van der Waals surface area contributed by atoms with Crippen LogP contribution in [0.15, 0.2) is 0 Å². The molecule has 7 heavy (non-hydrogen) atoms. The van der Waals surface area contributed by atoms with Gasteiger partial charge < -0.3 is 20.9 Å². The monoisotopic (exact) mass is 329 g/mol. The molecule has 0 N–H and O–H groups in total. The standard InChI is InChI=1S/C2H4O2.2O.U/c1-2(3)4;;;/h1H3,(H,3,4);;;/q;2*-2;/p-1. The maximum Gasteiger partial charge on any atom is 0.0383 e. The molecule has 0 aromatic rings. The number of carboxylic acids is 1. The van der Waals surface area contributed by atoms with Crippen LogP contribution in [0.1, 0.15) is 6.92 Å². The molecule has 44 valence electrons. The minimum absolute atomic E-state index is 0. The van der Waals surface area contributed by atoms with Crippen molar-refractivity contribution >= 4 is 5.97 Å². The fourth-order valence-corrected chi connectivity index (χ4v) is 0. The van der Waals surface area contributed by atoms with Gasteiger partial charge in [0.05, 0.1) is 0 Å². The fraction of sp³-hybridized carbons (Fsp3) is 0.500. The van der Waals surface area contributed by atoms with Gasteiger partial charge in [0, 0.05) is 37.1 Å². The molecule has 0 saturated heterocycles. The minimum Gasteiger partial charge on any atom is -2.00 e. The number of aliphatic carboxylic acids is 1. The predicted octanol–water partition coefficient (Wildman–Crippen LogP) is -1.48. The van der Waals surface area contributed by atoms with Gasteiger partial charge in [-0.1, -0.05) is 0 Å². The predicted molar refractivity (Wildman–Crippen MR) is 12.1 cm³/mol. The van der Waals surface area contributed by atoms with Gasteiger partial charge in [0.25, 0.3) is 0 Å². The molecule has 0 aromatic heterocycles. The van der Waals surface area contributed by atoms with Crippen molar-refractivity contribution in [2.75, 3.05) is 0 Å². The number of hydrogen-bond acceptors (Lipinski definition) is 2. The van der Waals surface area contributed by atoms with Crippen LogP contribution in [-0.4, -0.2) is 5.97 Å². The molecular weight excluding hydrogens is 326 g/mol. The molecule has 5 heteroatoms. The number of hydrogen-bond donors (Lipinski definition) is 0. The van der Waals surface area contributed by atoms with Gasteiger partial charge in [-0.25, -0.2) is 0 Å². The van der Waals surface area contributed by atoms with Crippen LogP contribution < -0.4 is 5.11 Å². The third kappa shape index (κ3) is 651. The summed E-state index contributed by atoms with van der Waals surface area (Å²) in [6.07, 6.45) is 0. The van der Waals surface area contributed by atoms with Gasteiger partial charge in [0.2, 0.25) is 0 Å². The van der Waals surface area contributed by atoms with Gasteiger partial charge in [-0.15, -0.1) is 0 Å². The maximum atomic E-state index is 8.89. The van der Waals surface area contributed by atoms with Crippen molar-refractivity contribution in [3.63, 3.8) is 0 Å². The summed E-state index contributed by atoms with van der Waals surface area (Å²) in [5.74, 6) is -1.08. The van der Waals surface area contributed by atoms with E-state index < -0.39 is 5.97 Å². The second-order valence-corrected chi connectivity index (χ2v) is 0.492. The van der Waals surface area contributed by atoms with Crippen molar-refractivity contribution in [1.29, 1.82) is 0 Å². The molecule has 0 aliphatic heterocycles. The second-order valence-electron chi connectivity index (χ2n) is 0.492. The van der Waals surface area contributed by atoms with Crippen molar-refractivity contribution in [1.82, 2.24) is 0 Å². The van der Waals surface area contributed by atoms with Crippen LogP contribution in [-0.2, 0) is 15.7 Å². The van der Waals surface area contributed by atoms with Crippen molar-refractivity contribution in [3.05, 3.63) is 0 Å². The quantitative estimate of drug-likeness (QED) is 0.542. The van der Waals surface area contributed by atoms with E-state index in [1.807, 2.05) is 0 Å². The van der Waals surface area contributed by atoms with E-state index in [1.165, 1.54) is 0 Å². The molecule has 0 atom stereocenters. The molecule has 0 saturated carbocycles. The number of carbonyl (C=O) groups excluding carboxylic acids is 1. The average molecular weight is 329 g/mol. The first kappa shape index (κ1) is 26.1. The SMILES string of the molecule is CC(=O)[O-].[O-2].[O-2].[U]. The van der Waals surface area contributed by atoms with E-state index in [-0.39, 0.29) is 42.1 Å². The summed E-state index contributed by atoms with van der Waals surface area (Å²) < 4.78 is 0. The first-order valence-corrected chi connectivity index (χ1v) is 0.908. The molecule has 0 aliphatic rings. The molecule has 0 heterocycles. The molecule has 0 unspecified atom stereocenters.